The summed E-state index contributed by atoms with van der Waals surface area (Å²) in [6, 6.07) is 0.545. The molecule has 1 amide bonds. The third-order valence-electron chi connectivity index (χ3n) is 4.13. The summed E-state index contributed by atoms with van der Waals surface area (Å²) in [6.45, 7) is 3.24. The molecule has 2 fully saturated rings. The Morgan fingerprint density at radius 2 is 1.94 bits per heavy atom. The van der Waals surface area contributed by atoms with Crippen molar-refractivity contribution in [2.24, 2.45) is 5.92 Å². The van der Waals surface area contributed by atoms with E-state index in [-0.39, 0.29) is 4.83 Å². The van der Waals surface area contributed by atoms with Gasteiger partial charge in [-0.15, -0.1) is 0 Å². The first kappa shape index (κ1) is 12.4. The maximum atomic E-state index is 11.9. The Balaban J connectivity index is 1.83. The van der Waals surface area contributed by atoms with Crippen LogP contribution in [-0.4, -0.2) is 28.2 Å². The normalized spacial score (nSPS) is 35.8. The van der Waals surface area contributed by atoms with E-state index < -0.39 is 0 Å². The van der Waals surface area contributed by atoms with E-state index in [4.69, 9.17) is 0 Å². The molecule has 2 aliphatic rings. The van der Waals surface area contributed by atoms with Crippen LogP contribution in [0.3, 0.4) is 0 Å². The molecule has 92 valence electrons. The Labute approximate surface area is 107 Å². The van der Waals surface area contributed by atoms with Crippen LogP contribution in [0.5, 0.6) is 0 Å². The van der Waals surface area contributed by atoms with Crippen LogP contribution in [0.2, 0.25) is 0 Å². The van der Waals surface area contributed by atoms with Gasteiger partial charge in [-0.3, -0.25) is 4.79 Å². The van der Waals surface area contributed by atoms with Crippen LogP contribution in [0.1, 0.15) is 51.9 Å². The van der Waals surface area contributed by atoms with E-state index in [1.807, 2.05) is 0 Å². The highest BCUT2D eigenvalue weighted by atomic mass is 79.9. The fourth-order valence-corrected chi connectivity index (χ4v) is 3.65. The van der Waals surface area contributed by atoms with Gasteiger partial charge < -0.3 is 4.90 Å². The molecule has 1 unspecified atom stereocenters. The molecule has 1 atom stereocenters. The fourth-order valence-electron chi connectivity index (χ4n) is 3.18. The number of amides is 1. The third-order valence-corrected chi connectivity index (χ3v) is 4.98. The summed E-state index contributed by atoms with van der Waals surface area (Å²) in [7, 11) is 0. The number of likely N-dealkylation sites (tertiary alicyclic amines) is 1. The Hall–Kier alpha value is -0.0500. The Morgan fingerprint density at radius 1 is 1.25 bits per heavy atom. The maximum Gasteiger partial charge on any atom is 0.236 e. The van der Waals surface area contributed by atoms with Crippen LogP contribution in [-0.2, 0) is 4.79 Å². The molecule has 1 saturated carbocycles. The SMILES string of the molecule is CCCC1CCC(N2CCC(Br)C2=O)CC1. The number of rotatable bonds is 3. The number of alkyl halides is 1. The van der Waals surface area contributed by atoms with Gasteiger partial charge in [0.15, 0.2) is 0 Å². The minimum absolute atomic E-state index is 0.0980. The van der Waals surface area contributed by atoms with Gasteiger partial charge in [0, 0.05) is 12.6 Å². The largest absolute Gasteiger partial charge is 0.339 e. The van der Waals surface area contributed by atoms with E-state index in [2.05, 4.69) is 27.8 Å². The van der Waals surface area contributed by atoms with E-state index in [1.165, 1.54) is 38.5 Å². The van der Waals surface area contributed by atoms with E-state index in [9.17, 15) is 4.79 Å². The molecule has 1 aliphatic carbocycles. The van der Waals surface area contributed by atoms with Crippen molar-refractivity contribution in [3.05, 3.63) is 0 Å². The summed E-state index contributed by atoms with van der Waals surface area (Å²) in [5, 5.41) is 0. The van der Waals surface area contributed by atoms with E-state index in [1.54, 1.807) is 0 Å². The average molecular weight is 288 g/mol. The van der Waals surface area contributed by atoms with Crippen LogP contribution in [0.15, 0.2) is 0 Å². The molecule has 2 nitrogen and oxygen atoms in total. The Bertz CT molecular complexity index is 248. The first-order valence-electron chi connectivity index (χ1n) is 6.67. The van der Waals surface area contributed by atoms with Crippen LogP contribution in [0.4, 0.5) is 0 Å². The van der Waals surface area contributed by atoms with Crippen molar-refractivity contribution in [3.8, 4) is 0 Å². The van der Waals surface area contributed by atoms with Crippen molar-refractivity contribution >= 4 is 21.8 Å². The molecule has 0 aromatic rings. The van der Waals surface area contributed by atoms with Crippen molar-refractivity contribution < 1.29 is 4.79 Å². The highest BCUT2D eigenvalue weighted by molar-refractivity contribution is 9.10. The van der Waals surface area contributed by atoms with E-state index in [0.717, 1.165) is 18.9 Å². The summed E-state index contributed by atoms with van der Waals surface area (Å²) in [5.74, 6) is 1.26. The molecular weight excluding hydrogens is 266 g/mol. The molecular formula is C13H22BrNO. The fraction of sp³-hybridized carbons (Fsp3) is 0.923. The van der Waals surface area contributed by atoms with Crippen molar-refractivity contribution in [2.45, 2.75) is 62.7 Å². The van der Waals surface area contributed by atoms with Crippen molar-refractivity contribution in [3.63, 3.8) is 0 Å². The van der Waals surface area contributed by atoms with Crippen molar-refractivity contribution in [1.29, 1.82) is 0 Å². The standard InChI is InChI=1S/C13H22BrNO/c1-2-3-10-4-6-11(7-5-10)15-9-8-12(14)13(15)16/h10-12H,2-9H2,1H3. The number of halogens is 1. The second-order valence-electron chi connectivity index (χ2n) is 5.25. The van der Waals surface area contributed by atoms with Gasteiger partial charge in [0.1, 0.15) is 0 Å². The van der Waals surface area contributed by atoms with Crippen LogP contribution < -0.4 is 0 Å². The van der Waals surface area contributed by atoms with Crippen LogP contribution >= 0.6 is 15.9 Å². The van der Waals surface area contributed by atoms with Crippen LogP contribution in [0.25, 0.3) is 0 Å². The number of hydrogen-bond acceptors (Lipinski definition) is 1. The van der Waals surface area contributed by atoms with Gasteiger partial charge in [-0.2, -0.15) is 0 Å². The van der Waals surface area contributed by atoms with Gasteiger partial charge in [-0.05, 0) is 38.0 Å². The minimum atomic E-state index is 0.0980. The Kier molecular flexibility index (Phi) is 4.28. The predicted octanol–water partition coefficient (Wildman–Crippen LogP) is 3.34. The molecule has 0 N–H and O–H groups in total. The van der Waals surface area contributed by atoms with Crippen molar-refractivity contribution in [2.75, 3.05) is 6.54 Å². The minimum Gasteiger partial charge on any atom is -0.339 e. The van der Waals surface area contributed by atoms with Gasteiger partial charge in [0.25, 0.3) is 0 Å². The first-order valence-corrected chi connectivity index (χ1v) is 7.58. The molecule has 1 heterocycles. The lowest BCUT2D eigenvalue weighted by Gasteiger charge is -2.34. The van der Waals surface area contributed by atoms with Crippen LogP contribution in [0, 0.1) is 5.92 Å². The molecule has 2 rings (SSSR count). The molecule has 0 aromatic carbocycles. The lowest BCUT2D eigenvalue weighted by atomic mass is 9.83. The summed E-state index contributed by atoms with van der Waals surface area (Å²) < 4.78 is 0. The molecule has 0 bridgehead atoms. The smallest absolute Gasteiger partial charge is 0.236 e. The topological polar surface area (TPSA) is 20.3 Å². The monoisotopic (exact) mass is 287 g/mol. The molecule has 0 aromatic heterocycles. The molecule has 1 saturated heterocycles. The second-order valence-corrected chi connectivity index (χ2v) is 6.36. The summed E-state index contributed by atoms with van der Waals surface area (Å²) >= 11 is 3.46. The predicted molar refractivity (Wildman–Crippen MR) is 69.7 cm³/mol. The highest BCUT2D eigenvalue weighted by Crippen LogP contribution is 2.33. The van der Waals surface area contributed by atoms with Gasteiger partial charge in [-0.25, -0.2) is 0 Å². The molecule has 16 heavy (non-hydrogen) atoms. The van der Waals surface area contributed by atoms with Gasteiger partial charge in [0.2, 0.25) is 5.91 Å². The average Bonchev–Trinajstić information content (AvgIpc) is 2.62. The number of carbonyl (C=O) groups is 1. The summed E-state index contributed by atoms with van der Waals surface area (Å²) in [5.41, 5.74) is 0. The highest BCUT2D eigenvalue weighted by Gasteiger charge is 2.35. The summed E-state index contributed by atoms with van der Waals surface area (Å²) in [4.78, 5) is 14.1. The number of carbonyl (C=O) groups excluding carboxylic acids is 1. The maximum absolute atomic E-state index is 11.9. The summed E-state index contributed by atoms with van der Waals surface area (Å²) in [6.07, 6.45) is 8.80. The number of hydrogen-bond donors (Lipinski definition) is 0. The zero-order valence-electron chi connectivity index (χ0n) is 10.1. The molecule has 0 radical (unpaired) electrons. The van der Waals surface area contributed by atoms with Gasteiger partial charge in [-0.1, -0.05) is 35.7 Å². The zero-order chi connectivity index (χ0) is 11.5. The quantitative estimate of drug-likeness (QED) is 0.729. The van der Waals surface area contributed by atoms with Gasteiger partial charge in [0.05, 0.1) is 4.83 Å². The lowest BCUT2D eigenvalue weighted by molar-refractivity contribution is -0.129. The molecule has 1 aliphatic heterocycles. The molecule has 0 spiro atoms. The van der Waals surface area contributed by atoms with Gasteiger partial charge >= 0.3 is 0 Å². The number of nitrogens with zero attached hydrogens (tertiary/aromatic N) is 1. The molecule has 3 heteroatoms. The van der Waals surface area contributed by atoms with E-state index >= 15 is 0 Å². The second kappa shape index (κ2) is 5.52. The van der Waals surface area contributed by atoms with E-state index in [0.29, 0.717) is 11.9 Å². The Morgan fingerprint density at radius 3 is 2.44 bits per heavy atom. The lowest BCUT2D eigenvalue weighted by Crippen LogP contribution is -2.40. The zero-order valence-corrected chi connectivity index (χ0v) is 11.7. The third kappa shape index (κ3) is 2.61. The van der Waals surface area contributed by atoms with Crippen molar-refractivity contribution in [1.82, 2.24) is 4.90 Å². The first-order chi connectivity index (χ1) is 7.72.